The minimum atomic E-state index is -0.298. The second kappa shape index (κ2) is 5.31. The van der Waals surface area contributed by atoms with E-state index in [-0.39, 0.29) is 11.7 Å². The molecule has 0 atom stereocenters. The van der Waals surface area contributed by atoms with Crippen molar-refractivity contribution in [3.63, 3.8) is 0 Å². The van der Waals surface area contributed by atoms with Crippen LogP contribution in [0.4, 0.5) is 5.69 Å². The Labute approximate surface area is 105 Å². The molecular formula is C14H13NO3. The summed E-state index contributed by atoms with van der Waals surface area (Å²) in [4.78, 5) is 22.3. The second-order valence-corrected chi connectivity index (χ2v) is 3.81. The van der Waals surface area contributed by atoms with Crippen molar-refractivity contribution in [2.75, 3.05) is 5.32 Å². The van der Waals surface area contributed by atoms with E-state index in [4.69, 9.17) is 4.42 Å². The Bertz CT molecular complexity index is 555. The fourth-order valence-corrected chi connectivity index (χ4v) is 1.53. The minimum absolute atomic E-state index is 0.284. The molecule has 2 rings (SSSR count). The van der Waals surface area contributed by atoms with Gasteiger partial charge in [0, 0.05) is 17.7 Å². The van der Waals surface area contributed by atoms with Crippen molar-refractivity contribution in [1.82, 2.24) is 0 Å². The van der Waals surface area contributed by atoms with Gasteiger partial charge in [0.05, 0.1) is 0 Å². The molecule has 4 nitrogen and oxygen atoms in total. The summed E-state index contributed by atoms with van der Waals surface area (Å²) in [5.41, 5.74) is 1.19. The monoisotopic (exact) mass is 243 g/mol. The third-order valence-corrected chi connectivity index (χ3v) is 2.54. The van der Waals surface area contributed by atoms with E-state index in [9.17, 15) is 9.59 Å². The Balaban J connectivity index is 2.08. The molecule has 18 heavy (non-hydrogen) atoms. The summed E-state index contributed by atoms with van der Waals surface area (Å²) in [5.74, 6) is 0.760. The highest BCUT2D eigenvalue weighted by molar-refractivity contribution is 6.02. The van der Waals surface area contributed by atoms with E-state index in [0.29, 0.717) is 11.3 Å². The molecule has 1 amide bonds. The topological polar surface area (TPSA) is 59.3 Å². The van der Waals surface area contributed by atoms with Crippen LogP contribution in [-0.4, -0.2) is 12.2 Å². The van der Waals surface area contributed by atoms with E-state index in [1.807, 2.05) is 6.92 Å². The molecule has 0 bridgehead atoms. The summed E-state index contributed by atoms with van der Waals surface area (Å²) in [5, 5.41) is 2.70. The van der Waals surface area contributed by atoms with E-state index in [1.165, 1.54) is 0 Å². The van der Waals surface area contributed by atoms with Gasteiger partial charge >= 0.3 is 0 Å². The predicted octanol–water partition coefficient (Wildman–Crippen LogP) is 2.91. The van der Waals surface area contributed by atoms with Gasteiger partial charge in [-0.15, -0.1) is 0 Å². The van der Waals surface area contributed by atoms with Crippen molar-refractivity contribution in [1.29, 1.82) is 0 Å². The summed E-state index contributed by atoms with van der Waals surface area (Å²) in [6.45, 7) is 1.96. The Morgan fingerprint density at radius 2 is 1.94 bits per heavy atom. The number of amides is 1. The summed E-state index contributed by atoms with van der Waals surface area (Å²) >= 11 is 0. The van der Waals surface area contributed by atoms with Crippen molar-refractivity contribution in [2.45, 2.75) is 13.3 Å². The number of hydrogen-bond donors (Lipinski definition) is 1. The van der Waals surface area contributed by atoms with Crippen molar-refractivity contribution in [3.8, 4) is 0 Å². The highest BCUT2D eigenvalue weighted by Gasteiger charge is 2.10. The van der Waals surface area contributed by atoms with Crippen LogP contribution >= 0.6 is 0 Å². The van der Waals surface area contributed by atoms with Crippen LogP contribution in [0.1, 0.15) is 33.6 Å². The number of aryl methyl sites for hydroxylation is 1. The molecule has 0 aliphatic heterocycles. The number of anilines is 1. The SMILES string of the molecule is CCc1ccc(C(=O)Nc2ccc(C=O)cc2)o1. The average Bonchev–Trinajstić information content (AvgIpc) is 2.88. The minimum Gasteiger partial charge on any atom is -0.456 e. The Hall–Kier alpha value is -2.36. The van der Waals surface area contributed by atoms with Crippen LogP contribution in [0.5, 0.6) is 0 Å². The number of carbonyl (C=O) groups is 2. The molecule has 92 valence electrons. The van der Waals surface area contributed by atoms with Crippen LogP contribution in [0.25, 0.3) is 0 Å². The second-order valence-electron chi connectivity index (χ2n) is 3.81. The van der Waals surface area contributed by atoms with E-state index in [2.05, 4.69) is 5.32 Å². The molecule has 0 spiro atoms. The van der Waals surface area contributed by atoms with Gasteiger partial charge < -0.3 is 9.73 Å². The van der Waals surface area contributed by atoms with Gasteiger partial charge in [-0.2, -0.15) is 0 Å². The van der Waals surface area contributed by atoms with Crippen LogP contribution in [0.3, 0.4) is 0 Å². The van der Waals surface area contributed by atoms with E-state index >= 15 is 0 Å². The van der Waals surface area contributed by atoms with Gasteiger partial charge in [0.25, 0.3) is 5.91 Å². The van der Waals surface area contributed by atoms with Gasteiger partial charge in [0.1, 0.15) is 12.0 Å². The third-order valence-electron chi connectivity index (χ3n) is 2.54. The van der Waals surface area contributed by atoms with Crippen molar-refractivity contribution in [3.05, 3.63) is 53.5 Å². The number of hydrogen-bond acceptors (Lipinski definition) is 3. The van der Waals surface area contributed by atoms with Crippen molar-refractivity contribution in [2.24, 2.45) is 0 Å². The Kier molecular flexibility index (Phi) is 3.57. The van der Waals surface area contributed by atoms with Gasteiger partial charge in [-0.05, 0) is 36.4 Å². The molecule has 0 fully saturated rings. The molecule has 0 aliphatic rings. The predicted molar refractivity (Wildman–Crippen MR) is 67.9 cm³/mol. The summed E-state index contributed by atoms with van der Waals surface area (Å²) in [6, 6.07) is 10.1. The van der Waals surface area contributed by atoms with E-state index < -0.39 is 0 Å². The summed E-state index contributed by atoms with van der Waals surface area (Å²) in [6.07, 6.45) is 1.51. The molecule has 1 aromatic heterocycles. The molecule has 0 radical (unpaired) electrons. The smallest absolute Gasteiger partial charge is 0.291 e. The van der Waals surface area contributed by atoms with Crippen molar-refractivity contribution < 1.29 is 14.0 Å². The van der Waals surface area contributed by atoms with E-state index in [0.717, 1.165) is 18.5 Å². The van der Waals surface area contributed by atoms with Crippen LogP contribution in [-0.2, 0) is 6.42 Å². The lowest BCUT2D eigenvalue weighted by Crippen LogP contribution is -2.10. The number of benzene rings is 1. The zero-order valence-corrected chi connectivity index (χ0v) is 9.97. The molecule has 0 saturated heterocycles. The van der Waals surface area contributed by atoms with Crippen molar-refractivity contribution >= 4 is 17.9 Å². The molecule has 1 N–H and O–H groups in total. The fraction of sp³-hybridized carbons (Fsp3) is 0.143. The maximum atomic E-state index is 11.8. The highest BCUT2D eigenvalue weighted by Crippen LogP contribution is 2.13. The molecule has 2 aromatic rings. The highest BCUT2D eigenvalue weighted by atomic mass is 16.3. The van der Waals surface area contributed by atoms with Gasteiger partial charge in [0.15, 0.2) is 5.76 Å². The van der Waals surface area contributed by atoms with Crippen LogP contribution < -0.4 is 5.32 Å². The largest absolute Gasteiger partial charge is 0.456 e. The Morgan fingerprint density at radius 1 is 1.22 bits per heavy atom. The van der Waals surface area contributed by atoms with Gasteiger partial charge in [-0.1, -0.05) is 6.92 Å². The van der Waals surface area contributed by atoms with Crippen LogP contribution in [0.15, 0.2) is 40.8 Å². The zero-order chi connectivity index (χ0) is 13.0. The number of rotatable bonds is 4. The van der Waals surface area contributed by atoms with Gasteiger partial charge in [-0.25, -0.2) is 0 Å². The number of carbonyl (C=O) groups excluding carboxylic acids is 2. The average molecular weight is 243 g/mol. The number of furan rings is 1. The Morgan fingerprint density at radius 3 is 2.50 bits per heavy atom. The summed E-state index contributed by atoms with van der Waals surface area (Å²) in [7, 11) is 0. The lowest BCUT2D eigenvalue weighted by atomic mass is 10.2. The number of aldehydes is 1. The summed E-state index contributed by atoms with van der Waals surface area (Å²) < 4.78 is 5.34. The first-order valence-electron chi connectivity index (χ1n) is 5.68. The van der Waals surface area contributed by atoms with Crippen LogP contribution in [0, 0.1) is 0 Å². The first kappa shape index (κ1) is 12.1. The number of nitrogens with one attached hydrogen (secondary N) is 1. The quantitative estimate of drug-likeness (QED) is 0.840. The molecule has 0 aliphatic carbocycles. The fourth-order valence-electron chi connectivity index (χ4n) is 1.53. The zero-order valence-electron chi connectivity index (χ0n) is 9.97. The van der Waals surface area contributed by atoms with Crippen LogP contribution in [0.2, 0.25) is 0 Å². The first-order valence-corrected chi connectivity index (χ1v) is 5.68. The molecular weight excluding hydrogens is 230 g/mol. The van der Waals surface area contributed by atoms with Gasteiger partial charge in [0.2, 0.25) is 0 Å². The van der Waals surface area contributed by atoms with E-state index in [1.54, 1.807) is 36.4 Å². The normalized spacial score (nSPS) is 10.1. The first-order chi connectivity index (χ1) is 8.72. The maximum absolute atomic E-state index is 11.8. The molecule has 1 heterocycles. The third kappa shape index (κ3) is 2.66. The standard InChI is InChI=1S/C14H13NO3/c1-2-12-7-8-13(18-12)14(17)15-11-5-3-10(9-16)4-6-11/h3-9H,2H2,1H3,(H,15,17). The van der Waals surface area contributed by atoms with Gasteiger partial charge in [-0.3, -0.25) is 9.59 Å². The lowest BCUT2D eigenvalue weighted by molar-refractivity contribution is 0.0995. The molecule has 0 unspecified atom stereocenters. The lowest BCUT2D eigenvalue weighted by Gasteiger charge is -2.02. The maximum Gasteiger partial charge on any atom is 0.291 e. The molecule has 0 saturated carbocycles. The molecule has 1 aromatic carbocycles. The molecule has 4 heteroatoms.